The first-order chi connectivity index (χ1) is 4.93. The molecule has 3 nitrogen and oxygen atoms in total. The fraction of sp³-hybridized carbons (Fsp3) is 0.429. The maximum Gasteiger partial charge on any atom is 0.239 e. The number of hydrogen-bond acceptors (Lipinski definition) is 3. The Labute approximate surface area is 77.3 Å². The molecular formula is C7H13NO2S2. The minimum Gasteiger partial charge on any atom is -0.225 e. The molecule has 0 bridgehead atoms. The quantitative estimate of drug-likeness (QED) is 0.761. The number of aryl methyl sites for hydroxylation is 2. The van der Waals surface area contributed by atoms with Gasteiger partial charge in [-0.15, -0.1) is 11.3 Å². The maximum absolute atomic E-state index is 10.9. The second kappa shape index (κ2) is 3.55. The van der Waals surface area contributed by atoms with E-state index < -0.39 is 10.0 Å². The summed E-state index contributed by atoms with van der Waals surface area (Å²) in [6.07, 6.45) is 0. The topological polar surface area (TPSA) is 60.2 Å². The van der Waals surface area contributed by atoms with Crippen LogP contribution in [0, 0.1) is 13.8 Å². The van der Waals surface area contributed by atoms with Crippen molar-refractivity contribution in [2.45, 2.75) is 26.2 Å². The second-order valence-electron chi connectivity index (χ2n) is 2.35. The van der Waals surface area contributed by atoms with Crippen LogP contribution in [0.25, 0.3) is 0 Å². The maximum atomic E-state index is 10.9. The number of primary sulfonamides is 1. The zero-order chi connectivity index (χ0) is 8.65. The molecule has 0 fully saturated rings. The van der Waals surface area contributed by atoms with Crippen LogP contribution in [0.2, 0.25) is 0 Å². The van der Waals surface area contributed by atoms with Gasteiger partial charge in [-0.25, -0.2) is 13.6 Å². The highest BCUT2D eigenvalue weighted by Crippen LogP contribution is 2.24. The molecular weight excluding hydrogens is 194 g/mol. The number of hydrogen-bond donors (Lipinski definition) is 1. The van der Waals surface area contributed by atoms with Gasteiger partial charge in [0.15, 0.2) is 0 Å². The van der Waals surface area contributed by atoms with Gasteiger partial charge in [0.2, 0.25) is 10.0 Å². The first-order valence-corrected chi connectivity index (χ1v) is 5.43. The molecule has 1 heterocycles. The first-order valence-electron chi connectivity index (χ1n) is 3.00. The van der Waals surface area contributed by atoms with E-state index in [1.165, 1.54) is 11.3 Å². The van der Waals surface area contributed by atoms with Gasteiger partial charge in [0.05, 0.1) is 4.90 Å². The van der Waals surface area contributed by atoms with Crippen LogP contribution in [0.3, 0.4) is 0 Å². The van der Waals surface area contributed by atoms with E-state index in [4.69, 9.17) is 5.14 Å². The molecule has 0 unspecified atom stereocenters. The van der Waals surface area contributed by atoms with Gasteiger partial charge in [-0.2, -0.15) is 0 Å². The molecule has 5 heteroatoms. The van der Waals surface area contributed by atoms with Crippen molar-refractivity contribution in [1.82, 2.24) is 0 Å². The average molecular weight is 207 g/mol. The predicted molar refractivity (Wildman–Crippen MR) is 51.9 cm³/mol. The monoisotopic (exact) mass is 207 g/mol. The van der Waals surface area contributed by atoms with Crippen LogP contribution >= 0.6 is 11.3 Å². The van der Waals surface area contributed by atoms with Crippen LogP contribution in [0.1, 0.15) is 17.9 Å². The molecule has 0 aliphatic rings. The summed E-state index contributed by atoms with van der Waals surface area (Å²) in [4.78, 5) is 1.03. The van der Waals surface area contributed by atoms with Gasteiger partial charge in [0.25, 0.3) is 0 Å². The molecule has 2 N–H and O–H groups in total. The predicted octanol–water partition coefficient (Wildman–Crippen LogP) is 1.65. The lowest BCUT2D eigenvalue weighted by atomic mass is 10.3. The highest BCUT2D eigenvalue weighted by atomic mass is 32.2. The van der Waals surface area contributed by atoms with Crippen LogP contribution in [0.4, 0.5) is 0 Å². The molecule has 1 rings (SSSR count). The molecule has 0 aliphatic carbocycles. The summed E-state index contributed by atoms with van der Waals surface area (Å²) < 4.78 is 21.8. The van der Waals surface area contributed by atoms with Crippen molar-refractivity contribution >= 4 is 21.4 Å². The van der Waals surface area contributed by atoms with Crippen molar-refractivity contribution in [1.29, 1.82) is 0 Å². The summed E-state index contributed by atoms with van der Waals surface area (Å²) in [5.41, 5.74) is 0.731. The lowest BCUT2D eigenvalue weighted by Crippen LogP contribution is -2.13. The van der Waals surface area contributed by atoms with Gasteiger partial charge in [0.1, 0.15) is 0 Å². The lowest BCUT2D eigenvalue weighted by Gasteiger charge is -1.96. The van der Waals surface area contributed by atoms with Crippen LogP contribution in [-0.4, -0.2) is 8.42 Å². The Morgan fingerprint density at radius 2 is 1.92 bits per heavy atom. The molecule has 0 saturated heterocycles. The van der Waals surface area contributed by atoms with Gasteiger partial charge in [-0.3, -0.25) is 0 Å². The second-order valence-corrected chi connectivity index (χ2v) is 4.93. The van der Waals surface area contributed by atoms with Gasteiger partial charge < -0.3 is 0 Å². The fourth-order valence-electron chi connectivity index (χ4n) is 0.986. The third-order valence-corrected chi connectivity index (χ3v) is 3.73. The van der Waals surface area contributed by atoms with Gasteiger partial charge in [-0.05, 0) is 24.8 Å². The molecule has 0 spiro atoms. The lowest BCUT2D eigenvalue weighted by molar-refractivity contribution is 0.597. The van der Waals surface area contributed by atoms with E-state index in [2.05, 4.69) is 0 Å². The minimum absolute atomic E-state index is 0. The molecule has 0 amide bonds. The summed E-state index contributed by atoms with van der Waals surface area (Å²) in [6.45, 7) is 3.49. The zero-order valence-corrected chi connectivity index (χ0v) is 7.92. The molecule has 1 aromatic rings. The van der Waals surface area contributed by atoms with Crippen molar-refractivity contribution in [3.05, 3.63) is 15.8 Å². The molecule has 12 heavy (non-hydrogen) atoms. The largest absolute Gasteiger partial charge is 0.239 e. The number of sulfonamides is 1. The van der Waals surface area contributed by atoms with E-state index in [9.17, 15) is 8.42 Å². The van der Waals surface area contributed by atoms with Crippen LogP contribution in [-0.2, 0) is 10.0 Å². The van der Waals surface area contributed by atoms with Crippen molar-refractivity contribution in [2.24, 2.45) is 5.14 Å². The van der Waals surface area contributed by atoms with E-state index >= 15 is 0 Å². The molecule has 0 aliphatic heterocycles. The molecule has 0 saturated carbocycles. The Morgan fingerprint density at radius 1 is 1.42 bits per heavy atom. The third-order valence-electron chi connectivity index (χ3n) is 1.37. The van der Waals surface area contributed by atoms with Gasteiger partial charge in [0, 0.05) is 4.88 Å². The fourth-order valence-corrected chi connectivity index (χ4v) is 3.20. The van der Waals surface area contributed by atoms with Crippen molar-refractivity contribution in [3.8, 4) is 0 Å². The Kier molecular flexibility index (Phi) is 3.44. The SMILES string of the molecule is C.Cc1csc(C)c1S(N)(=O)=O. The standard InChI is InChI=1S/C6H9NO2S2.CH4/c1-4-3-10-5(2)6(4)11(7,8)9;/h3H,1-2H3,(H2,7,8,9);1H4. The summed E-state index contributed by atoms with van der Waals surface area (Å²) in [6, 6.07) is 0. The highest BCUT2D eigenvalue weighted by molar-refractivity contribution is 7.89. The smallest absolute Gasteiger partial charge is 0.225 e. The van der Waals surface area contributed by atoms with Crippen molar-refractivity contribution in [2.75, 3.05) is 0 Å². The molecule has 70 valence electrons. The number of nitrogens with two attached hydrogens (primary N) is 1. The van der Waals surface area contributed by atoms with E-state index in [1.54, 1.807) is 19.2 Å². The molecule has 0 radical (unpaired) electrons. The summed E-state index contributed by atoms with van der Waals surface area (Å²) in [5.74, 6) is 0. The number of thiophene rings is 1. The van der Waals surface area contributed by atoms with E-state index in [-0.39, 0.29) is 12.3 Å². The van der Waals surface area contributed by atoms with Crippen LogP contribution in [0.15, 0.2) is 10.3 Å². The summed E-state index contributed by atoms with van der Waals surface area (Å²) in [7, 11) is -3.51. The number of rotatable bonds is 1. The molecule has 0 atom stereocenters. The zero-order valence-electron chi connectivity index (χ0n) is 6.29. The molecule has 1 aromatic heterocycles. The Balaban J connectivity index is 0.00000121. The van der Waals surface area contributed by atoms with E-state index in [1.807, 2.05) is 0 Å². The third kappa shape index (κ3) is 2.06. The normalized spacial score (nSPS) is 10.9. The van der Waals surface area contributed by atoms with Crippen LogP contribution in [0.5, 0.6) is 0 Å². The Morgan fingerprint density at radius 3 is 2.08 bits per heavy atom. The minimum atomic E-state index is -3.51. The van der Waals surface area contributed by atoms with Crippen molar-refractivity contribution in [3.63, 3.8) is 0 Å². The Hall–Kier alpha value is -0.390. The summed E-state index contributed by atoms with van der Waals surface area (Å²) in [5, 5.41) is 6.77. The summed E-state index contributed by atoms with van der Waals surface area (Å²) >= 11 is 1.40. The van der Waals surface area contributed by atoms with Crippen LogP contribution < -0.4 is 5.14 Å². The first kappa shape index (κ1) is 11.6. The highest BCUT2D eigenvalue weighted by Gasteiger charge is 2.15. The van der Waals surface area contributed by atoms with E-state index in [0.717, 1.165) is 10.4 Å². The van der Waals surface area contributed by atoms with Gasteiger partial charge in [-0.1, -0.05) is 7.43 Å². The molecule has 0 aromatic carbocycles. The van der Waals surface area contributed by atoms with E-state index in [0.29, 0.717) is 0 Å². The average Bonchev–Trinajstić information content (AvgIpc) is 2.08. The van der Waals surface area contributed by atoms with Crippen molar-refractivity contribution < 1.29 is 8.42 Å². The van der Waals surface area contributed by atoms with Gasteiger partial charge >= 0.3 is 0 Å². The Bertz CT molecular complexity index is 345.